The standard InChI is InChI=1S/C16H19N3O3S/c1-22-14-5-3-4-12(8-14)10-19-7-6-13-9-17-16(23(2,20)21)18-15(13)11-19/h3-5,8-9H,6-7,10-11H2,1-2H3. The summed E-state index contributed by atoms with van der Waals surface area (Å²) in [5.74, 6) is 0.835. The van der Waals surface area contributed by atoms with Crippen LogP contribution in [0.3, 0.4) is 0 Å². The average Bonchev–Trinajstić information content (AvgIpc) is 2.53. The Morgan fingerprint density at radius 2 is 2.17 bits per heavy atom. The van der Waals surface area contributed by atoms with Crippen molar-refractivity contribution >= 4 is 9.84 Å². The molecule has 0 aliphatic carbocycles. The highest BCUT2D eigenvalue weighted by atomic mass is 32.2. The number of hydrogen-bond donors (Lipinski definition) is 0. The molecule has 0 saturated heterocycles. The van der Waals surface area contributed by atoms with Crippen molar-refractivity contribution in [2.75, 3.05) is 19.9 Å². The van der Waals surface area contributed by atoms with Gasteiger partial charge in [0.25, 0.3) is 0 Å². The molecule has 0 radical (unpaired) electrons. The van der Waals surface area contributed by atoms with Crippen LogP contribution in [0.4, 0.5) is 0 Å². The molecule has 0 amide bonds. The molecule has 122 valence electrons. The predicted molar refractivity (Wildman–Crippen MR) is 86.0 cm³/mol. The number of methoxy groups -OCH3 is 1. The first-order valence-electron chi connectivity index (χ1n) is 7.36. The average molecular weight is 333 g/mol. The minimum Gasteiger partial charge on any atom is -0.497 e. The monoisotopic (exact) mass is 333 g/mol. The molecule has 1 aliphatic rings. The van der Waals surface area contributed by atoms with Gasteiger partial charge in [0.2, 0.25) is 15.0 Å². The molecular weight excluding hydrogens is 314 g/mol. The molecule has 0 saturated carbocycles. The number of hydrogen-bond acceptors (Lipinski definition) is 6. The largest absolute Gasteiger partial charge is 0.497 e. The van der Waals surface area contributed by atoms with E-state index in [4.69, 9.17) is 4.74 Å². The maximum Gasteiger partial charge on any atom is 0.247 e. The van der Waals surface area contributed by atoms with Gasteiger partial charge in [-0.3, -0.25) is 4.90 Å². The molecule has 2 aromatic rings. The van der Waals surface area contributed by atoms with E-state index in [0.29, 0.717) is 6.54 Å². The second kappa shape index (κ2) is 6.25. The van der Waals surface area contributed by atoms with Crippen molar-refractivity contribution in [3.63, 3.8) is 0 Å². The molecule has 1 aliphatic heterocycles. The Kier molecular flexibility index (Phi) is 4.32. The van der Waals surface area contributed by atoms with Crippen molar-refractivity contribution in [2.24, 2.45) is 0 Å². The van der Waals surface area contributed by atoms with E-state index < -0.39 is 9.84 Å². The molecule has 3 rings (SSSR count). The van der Waals surface area contributed by atoms with Crippen LogP contribution in [-0.4, -0.2) is 43.2 Å². The van der Waals surface area contributed by atoms with E-state index in [1.54, 1.807) is 13.3 Å². The minimum absolute atomic E-state index is 0.0977. The smallest absolute Gasteiger partial charge is 0.247 e. The van der Waals surface area contributed by atoms with E-state index in [9.17, 15) is 8.42 Å². The van der Waals surface area contributed by atoms with Crippen LogP contribution in [0.2, 0.25) is 0 Å². The molecule has 0 bridgehead atoms. The lowest BCUT2D eigenvalue weighted by atomic mass is 10.1. The maximum absolute atomic E-state index is 11.6. The Hall–Kier alpha value is -1.99. The van der Waals surface area contributed by atoms with Crippen molar-refractivity contribution in [1.29, 1.82) is 0 Å². The summed E-state index contributed by atoms with van der Waals surface area (Å²) in [5.41, 5.74) is 2.99. The van der Waals surface area contributed by atoms with Crippen molar-refractivity contribution in [2.45, 2.75) is 24.7 Å². The molecule has 1 aromatic carbocycles. The van der Waals surface area contributed by atoms with Crippen molar-refractivity contribution < 1.29 is 13.2 Å². The topological polar surface area (TPSA) is 72.4 Å². The van der Waals surface area contributed by atoms with Crippen molar-refractivity contribution in [1.82, 2.24) is 14.9 Å². The number of sulfone groups is 1. The Labute approximate surface area is 136 Å². The second-order valence-corrected chi connectivity index (χ2v) is 7.62. The van der Waals surface area contributed by atoms with Gasteiger partial charge in [0, 0.05) is 32.1 Å². The number of fused-ring (bicyclic) bond motifs is 1. The van der Waals surface area contributed by atoms with Crippen LogP contribution < -0.4 is 4.74 Å². The third kappa shape index (κ3) is 3.68. The van der Waals surface area contributed by atoms with Gasteiger partial charge in [-0.15, -0.1) is 0 Å². The minimum atomic E-state index is -3.38. The molecule has 23 heavy (non-hydrogen) atoms. The van der Waals surface area contributed by atoms with Crippen molar-refractivity contribution in [3.05, 3.63) is 47.3 Å². The zero-order valence-corrected chi connectivity index (χ0v) is 14.0. The summed E-state index contributed by atoms with van der Waals surface area (Å²) in [7, 11) is -1.73. The summed E-state index contributed by atoms with van der Waals surface area (Å²) in [5, 5.41) is -0.0977. The van der Waals surface area contributed by atoms with Gasteiger partial charge in [-0.05, 0) is 29.7 Å². The third-order valence-electron chi connectivity index (χ3n) is 3.87. The Morgan fingerprint density at radius 3 is 2.91 bits per heavy atom. The normalized spacial score (nSPS) is 15.2. The highest BCUT2D eigenvalue weighted by Crippen LogP contribution is 2.21. The van der Waals surface area contributed by atoms with Gasteiger partial charge in [0.1, 0.15) is 5.75 Å². The van der Waals surface area contributed by atoms with Gasteiger partial charge in [-0.1, -0.05) is 12.1 Å². The van der Waals surface area contributed by atoms with Crippen LogP contribution in [0.25, 0.3) is 0 Å². The third-order valence-corrected chi connectivity index (χ3v) is 4.73. The lowest BCUT2D eigenvalue weighted by Gasteiger charge is -2.28. The summed E-state index contributed by atoms with van der Waals surface area (Å²) in [4.78, 5) is 10.5. The van der Waals surface area contributed by atoms with Crippen LogP contribution in [0.15, 0.2) is 35.6 Å². The lowest BCUT2D eigenvalue weighted by Crippen LogP contribution is -2.31. The van der Waals surface area contributed by atoms with Crippen LogP contribution in [0, 0.1) is 0 Å². The molecule has 0 fully saturated rings. The number of benzene rings is 1. The number of ether oxygens (including phenoxy) is 1. The highest BCUT2D eigenvalue weighted by molar-refractivity contribution is 7.90. The summed E-state index contributed by atoms with van der Waals surface area (Å²) in [6, 6.07) is 7.95. The lowest BCUT2D eigenvalue weighted by molar-refractivity contribution is 0.239. The zero-order valence-electron chi connectivity index (χ0n) is 13.2. The summed E-state index contributed by atoms with van der Waals surface area (Å²) < 4.78 is 28.5. The molecule has 0 unspecified atom stereocenters. The molecule has 0 N–H and O–H groups in total. The van der Waals surface area contributed by atoms with Gasteiger partial charge in [-0.25, -0.2) is 18.4 Å². The molecule has 0 spiro atoms. The second-order valence-electron chi connectivity index (χ2n) is 5.71. The fourth-order valence-corrected chi connectivity index (χ4v) is 3.20. The quantitative estimate of drug-likeness (QED) is 0.789. The Balaban J connectivity index is 1.79. The van der Waals surface area contributed by atoms with E-state index in [1.165, 1.54) is 0 Å². The Morgan fingerprint density at radius 1 is 1.35 bits per heavy atom. The molecular formula is C16H19N3O3S. The van der Waals surface area contributed by atoms with E-state index >= 15 is 0 Å². The summed E-state index contributed by atoms with van der Waals surface area (Å²) >= 11 is 0. The van der Waals surface area contributed by atoms with Gasteiger partial charge in [0.05, 0.1) is 12.8 Å². The SMILES string of the molecule is COc1cccc(CN2CCc3cnc(S(C)(=O)=O)nc3C2)c1. The molecule has 7 heteroatoms. The fourth-order valence-electron chi connectivity index (χ4n) is 2.68. The Bertz CT molecular complexity index is 821. The first-order chi connectivity index (χ1) is 11.0. The van der Waals surface area contributed by atoms with E-state index in [1.807, 2.05) is 18.2 Å². The summed E-state index contributed by atoms with van der Waals surface area (Å²) in [6.45, 7) is 2.29. The maximum atomic E-state index is 11.6. The van der Waals surface area contributed by atoms with Crippen LogP contribution in [-0.2, 0) is 29.3 Å². The molecule has 1 aromatic heterocycles. The van der Waals surface area contributed by atoms with E-state index in [-0.39, 0.29) is 5.16 Å². The number of rotatable bonds is 4. The number of nitrogens with zero attached hydrogens (tertiary/aromatic N) is 3. The first-order valence-corrected chi connectivity index (χ1v) is 9.25. The van der Waals surface area contributed by atoms with Crippen LogP contribution in [0.1, 0.15) is 16.8 Å². The van der Waals surface area contributed by atoms with Crippen molar-refractivity contribution in [3.8, 4) is 5.75 Å². The number of aromatic nitrogens is 2. The van der Waals surface area contributed by atoms with Gasteiger partial charge >= 0.3 is 0 Å². The molecule has 0 atom stereocenters. The first kappa shape index (κ1) is 15.9. The van der Waals surface area contributed by atoms with E-state index in [2.05, 4.69) is 20.9 Å². The van der Waals surface area contributed by atoms with Crippen LogP contribution >= 0.6 is 0 Å². The zero-order chi connectivity index (χ0) is 16.4. The molecule has 2 heterocycles. The van der Waals surface area contributed by atoms with Gasteiger partial charge in [0.15, 0.2) is 0 Å². The van der Waals surface area contributed by atoms with Gasteiger partial charge in [-0.2, -0.15) is 0 Å². The summed E-state index contributed by atoms with van der Waals surface area (Å²) in [6.07, 6.45) is 3.59. The van der Waals surface area contributed by atoms with E-state index in [0.717, 1.165) is 48.3 Å². The molecule has 6 nitrogen and oxygen atoms in total. The van der Waals surface area contributed by atoms with Gasteiger partial charge < -0.3 is 4.74 Å². The highest BCUT2D eigenvalue weighted by Gasteiger charge is 2.21. The predicted octanol–water partition coefficient (Wildman–Crippen LogP) is 1.45. The van der Waals surface area contributed by atoms with Crippen LogP contribution in [0.5, 0.6) is 5.75 Å². The fraction of sp³-hybridized carbons (Fsp3) is 0.375.